The number of esters is 1. The molecule has 0 aromatic heterocycles. The van der Waals surface area contributed by atoms with Crippen molar-refractivity contribution in [3.63, 3.8) is 0 Å². The van der Waals surface area contributed by atoms with Gasteiger partial charge in [-0.2, -0.15) is 0 Å². The van der Waals surface area contributed by atoms with Gasteiger partial charge in [0.2, 0.25) is 0 Å². The molecule has 2 aliphatic carbocycles. The quantitative estimate of drug-likeness (QED) is 0.335. The van der Waals surface area contributed by atoms with Crippen LogP contribution in [0, 0.1) is 10.8 Å². The largest absolute Gasteiger partial charge is 0.456 e. The highest BCUT2D eigenvalue weighted by atomic mass is 35.5. The van der Waals surface area contributed by atoms with Crippen LogP contribution in [-0.2, 0) is 19.0 Å². The number of aliphatic hydroxyl groups is 2. The molecule has 7 heteroatoms. The number of carbonyl (C=O) groups excluding carboxylic acids is 1. The highest BCUT2D eigenvalue weighted by Crippen LogP contribution is 2.71. The number of allylic oxidation sites excluding steroid dienone is 1. The van der Waals surface area contributed by atoms with E-state index in [-0.39, 0.29) is 18.6 Å². The Hall–Kier alpha value is -0.660. The summed E-state index contributed by atoms with van der Waals surface area (Å²) in [6, 6.07) is 0. The van der Waals surface area contributed by atoms with E-state index in [0.29, 0.717) is 13.0 Å². The molecular weight excluding hydrogens is 336 g/mol. The molecule has 2 unspecified atom stereocenters. The number of carbonyl (C=O) groups is 1. The second-order valence-electron chi connectivity index (χ2n) is 7.72. The Labute approximate surface area is 145 Å². The number of aliphatic hydroxyl groups excluding tert-OH is 2. The summed E-state index contributed by atoms with van der Waals surface area (Å²) in [5.41, 5.74) is -0.955. The lowest BCUT2D eigenvalue weighted by Crippen LogP contribution is -2.66. The molecule has 24 heavy (non-hydrogen) atoms. The summed E-state index contributed by atoms with van der Waals surface area (Å²) in [6.45, 7) is 4.28. The zero-order valence-corrected chi connectivity index (χ0v) is 14.6. The Kier molecular flexibility index (Phi) is 3.62. The molecule has 4 aliphatic rings. The number of fused-ring (bicyclic) bond motifs is 2. The number of rotatable bonds is 3. The summed E-state index contributed by atoms with van der Waals surface area (Å²) >= 11 is 5.56. The van der Waals surface area contributed by atoms with E-state index in [9.17, 15) is 15.0 Å². The molecule has 0 aromatic rings. The van der Waals surface area contributed by atoms with E-state index in [1.165, 1.54) is 5.57 Å². The van der Waals surface area contributed by atoms with E-state index in [4.69, 9.17) is 25.8 Å². The summed E-state index contributed by atoms with van der Waals surface area (Å²) in [6.07, 6.45) is 0.825. The number of epoxide rings is 1. The van der Waals surface area contributed by atoms with Gasteiger partial charge in [-0.05, 0) is 19.8 Å². The predicted octanol–water partition coefficient (Wildman–Crippen LogP) is 0.773. The average Bonchev–Trinajstić information content (AvgIpc) is 3.35. The maximum atomic E-state index is 11.7. The van der Waals surface area contributed by atoms with E-state index in [1.807, 2.05) is 19.9 Å². The first-order valence-corrected chi connectivity index (χ1v) is 8.91. The number of hydrogen-bond acceptors (Lipinski definition) is 6. The highest BCUT2D eigenvalue weighted by molar-refractivity contribution is 6.26. The molecule has 2 bridgehead atoms. The molecule has 2 saturated heterocycles. The first kappa shape index (κ1) is 16.8. The molecule has 1 saturated carbocycles. The van der Waals surface area contributed by atoms with Crippen LogP contribution in [0.1, 0.15) is 26.7 Å². The second-order valence-corrected chi connectivity index (χ2v) is 7.99. The van der Waals surface area contributed by atoms with Crippen LogP contribution in [-0.4, -0.2) is 65.3 Å². The number of halogens is 1. The molecule has 4 rings (SSSR count). The number of hydrogen-bond donors (Lipinski definition) is 2. The van der Waals surface area contributed by atoms with Gasteiger partial charge < -0.3 is 24.4 Å². The summed E-state index contributed by atoms with van der Waals surface area (Å²) < 4.78 is 17.5. The van der Waals surface area contributed by atoms with Gasteiger partial charge in [0.05, 0.1) is 19.3 Å². The Morgan fingerprint density at radius 3 is 2.83 bits per heavy atom. The minimum absolute atomic E-state index is 0.122. The van der Waals surface area contributed by atoms with Crippen molar-refractivity contribution in [1.82, 2.24) is 0 Å². The van der Waals surface area contributed by atoms with Crippen LogP contribution >= 0.6 is 11.6 Å². The number of alkyl halides is 1. The third kappa shape index (κ3) is 1.73. The van der Waals surface area contributed by atoms with Crippen LogP contribution in [0.25, 0.3) is 0 Å². The predicted molar refractivity (Wildman–Crippen MR) is 84.6 cm³/mol. The third-order valence-electron chi connectivity index (χ3n) is 6.93. The third-order valence-corrected chi connectivity index (χ3v) is 7.15. The normalized spacial score (nSPS) is 52.0. The first-order chi connectivity index (χ1) is 11.4. The summed E-state index contributed by atoms with van der Waals surface area (Å²) in [4.78, 5) is 11.7. The molecule has 2 aliphatic heterocycles. The minimum atomic E-state index is -0.985. The van der Waals surface area contributed by atoms with Crippen LogP contribution in [0.5, 0.6) is 0 Å². The molecule has 0 radical (unpaired) electrons. The van der Waals surface area contributed by atoms with Crippen LogP contribution in [0.3, 0.4) is 0 Å². The van der Waals surface area contributed by atoms with Crippen molar-refractivity contribution in [3.05, 3.63) is 11.6 Å². The molecular formula is C17H23ClO6. The lowest BCUT2D eigenvalue weighted by Gasteiger charge is -2.57. The van der Waals surface area contributed by atoms with Crippen molar-refractivity contribution < 1.29 is 29.2 Å². The van der Waals surface area contributed by atoms with Gasteiger partial charge >= 0.3 is 5.97 Å². The van der Waals surface area contributed by atoms with Gasteiger partial charge in [0, 0.05) is 10.8 Å². The van der Waals surface area contributed by atoms with Gasteiger partial charge in [-0.15, -0.1) is 11.6 Å². The van der Waals surface area contributed by atoms with Crippen LogP contribution in [0.4, 0.5) is 0 Å². The first-order valence-electron chi connectivity index (χ1n) is 8.37. The van der Waals surface area contributed by atoms with Gasteiger partial charge in [0.25, 0.3) is 0 Å². The van der Waals surface area contributed by atoms with Gasteiger partial charge in [-0.25, -0.2) is 0 Å². The van der Waals surface area contributed by atoms with Crippen molar-refractivity contribution in [2.45, 2.75) is 56.7 Å². The average molecular weight is 359 g/mol. The van der Waals surface area contributed by atoms with Crippen molar-refractivity contribution in [2.75, 3.05) is 19.1 Å². The zero-order chi connectivity index (χ0) is 17.3. The Balaban J connectivity index is 1.82. The SMILES string of the molecule is CC1=C[C@H]2OC3[C@H](OC(=O)CCl)[C@@H](O)[C@@](C)(C34CO4)[C@@]2(CO)CC1. The van der Waals surface area contributed by atoms with Gasteiger partial charge in [0.15, 0.2) is 6.10 Å². The fourth-order valence-electron chi connectivity index (χ4n) is 5.34. The monoisotopic (exact) mass is 358 g/mol. The zero-order valence-electron chi connectivity index (χ0n) is 13.8. The Bertz CT molecular complexity index is 602. The van der Waals surface area contributed by atoms with Gasteiger partial charge in [-0.1, -0.05) is 18.6 Å². The highest BCUT2D eigenvalue weighted by Gasteiger charge is 2.85. The van der Waals surface area contributed by atoms with Crippen LogP contribution < -0.4 is 0 Å². The lowest BCUT2D eigenvalue weighted by molar-refractivity contribution is -0.226. The topological polar surface area (TPSA) is 88.5 Å². The molecule has 0 amide bonds. The number of ether oxygens (including phenoxy) is 3. The van der Waals surface area contributed by atoms with E-state index in [0.717, 1.165) is 6.42 Å². The summed E-state index contributed by atoms with van der Waals surface area (Å²) in [5, 5.41) is 21.5. The van der Waals surface area contributed by atoms with Crippen LogP contribution in [0.2, 0.25) is 0 Å². The molecule has 7 atom stereocenters. The van der Waals surface area contributed by atoms with Crippen molar-refractivity contribution in [2.24, 2.45) is 10.8 Å². The molecule has 6 nitrogen and oxygen atoms in total. The lowest BCUT2D eigenvalue weighted by atomic mass is 9.51. The Morgan fingerprint density at radius 2 is 2.25 bits per heavy atom. The van der Waals surface area contributed by atoms with E-state index in [2.05, 4.69) is 0 Å². The molecule has 0 aromatic carbocycles. The van der Waals surface area contributed by atoms with Crippen molar-refractivity contribution in [3.8, 4) is 0 Å². The van der Waals surface area contributed by atoms with Crippen LogP contribution in [0.15, 0.2) is 11.6 Å². The van der Waals surface area contributed by atoms with Gasteiger partial charge in [-0.3, -0.25) is 4.79 Å². The fraction of sp³-hybridized carbons (Fsp3) is 0.824. The Morgan fingerprint density at radius 1 is 1.54 bits per heavy atom. The summed E-state index contributed by atoms with van der Waals surface area (Å²) in [7, 11) is 0. The second kappa shape index (κ2) is 5.17. The fourth-order valence-corrected chi connectivity index (χ4v) is 5.40. The minimum Gasteiger partial charge on any atom is -0.456 e. The van der Waals surface area contributed by atoms with E-state index >= 15 is 0 Å². The van der Waals surface area contributed by atoms with Crippen molar-refractivity contribution in [1.29, 1.82) is 0 Å². The molecule has 3 fully saturated rings. The molecule has 2 heterocycles. The maximum absolute atomic E-state index is 11.7. The molecule has 134 valence electrons. The maximum Gasteiger partial charge on any atom is 0.321 e. The van der Waals surface area contributed by atoms with E-state index < -0.39 is 40.7 Å². The summed E-state index contributed by atoms with van der Waals surface area (Å²) in [5.74, 6) is -0.877. The van der Waals surface area contributed by atoms with Crippen molar-refractivity contribution >= 4 is 17.6 Å². The van der Waals surface area contributed by atoms with Gasteiger partial charge in [0.1, 0.15) is 23.7 Å². The smallest absolute Gasteiger partial charge is 0.321 e. The molecule has 1 spiro atoms. The van der Waals surface area contributed by atoms with E-state index in [1.54, 1.807) is 0 Å². The standard InChI is InChI=1S/C17H23ClO6/c1-9-3-4-16(7-19)10(5-9)23-14-12(24-11(20)6-18)13(21)15(16,2)17(14)8-22-17/h5,10,12-14,19,21H,3-4,6-8H2,1-2H3/t10-,12-,13-,14?,15-,16-,17?/m1/s1. The molecule has 2 N–H and O–H groups in total.